The van der Waals surface area contributed by atoms with Gasteiger partial charge in [0.15, 0.2) is 5.96 Å². The summed E-state index contributed by atoms with van der Waals surface area (Å²) in [6.45, 7) is -1.59. The Bertz CT molecular complexity index is 626. The molecule has 0 unspecified atom stereocenters. The Morgan fingerprint density at radius 2 is 1.96 bits per heavy atom. The zero-order chi connectivity index (χ0) is 19.7. The van der Waals surface area contributed by atoms with Crippen LogP contribution in [0, 0.1) is 11.2 Å². The summed E-state index contributed by atoms with van der Waals surface area (Å²) in [6, 6.07) is 3.87. The number of benzene rings is 1. The Morgan fingerprint density at radius 3 is 2.57 bits per heavy atom. The highest BCUT2D eigenvalue weighted by Crippen LogP contribution is 2.40. The van der Waals surface area contributed by atoms with Gasteiger partial charge in [0.25, 0.3) is 0 Å². The van der Waals surface area contributed by atoms with Crippen LogP contribution in [0.5, 0.6) is 5.75 Å². The van der Waals surface area contributed by atoms with E-state index in [0.717, 1.165) is 25.8 Å². The van der Waals surface area contributed by atoms with Gasteiger partial charge in [0.05, 0.1) is 0 Å². The number of hydrogen-bond acceptors (Lipinski definition) is 3. The average molecular weight is 515 g/mol. The molecule has 0 spiro atoms. The average Bonchev–Trinajstić information content (AvgIpc) is 3.10. The Labute approximate surface area is 181 Å². The molecule has 160 valence electrons. The van der Waals surface area contributed by atoms with Gasteiger partial charge in [-0.05, 0) is 36.8 Å². The Hall–Kier alpha value is -1.23. The van der Waals surface area contributed by atoms with E-state index in [2.05, 4.69) is 20.4 Å². The molecular weight excluding hydrogens is 486 g/mol. The number of nitrogens with zero attached hydrogens (tertiary/aromatic N) is 1. The van der Waals surface area contributed by atoms with E-state index in [1.54, 1.807) is 14.2 Å². The normalized spacial score (nSPS) is 16.0. The number of methoxy groups -OCH3 is 1. The number of alkyl halides is 2. The number of halogens is 4. The fourth-order valence-corrected chi connectivity index (χ4v) is 3.54. The van der Waals surface area contributed by atoms with E-state index in [1.165, 1.54) is 31.0 Å². The van der Waals surface area contributed by atoms with Gasteiger partial charge in [0.1, 0.15) is 11.6 Å². The SMILES string of the molecule is CN=C(NCc1c(F)cccc1OC(F)F)NCC1(CCOC)CCCC1.I. The molecule has 1 aliphatic rings. The van der Waals surface area contributed by atoms with Crippen molar-refractivity contribution >= 4 is 29.9 Å². The molecule has 28 heavy (non-hydrogen) atoms. The van der Waals surface area contributed by atoms with Crippen LogP contribution in [-0.4, -0.2) is 39.9 Å². The highest BCUT2D eigenvalue weighted by Gasteiger charge is 2.33. The van der Waals surface area contributed by atoms with Gasteiger partial charge in [-0.25, -0.2) is 4.39 Å². The standard InChI is InChI=1S/C19H28F3N3O2.HI/c1-23-18(25-13-19(10-11-26-2)8-3-4-9-19)24-12-14-15(20)6-5-7-16(14)27-17(21)22;/h5-7,17H,3-4,8-13H2,1-2H3,(H2,23,24,25);1H. The summed E-state index contributed by atoms with van der Waals surface area (Å²) in [5, 5.41) is 6.26. The molecule has 2 rings (SSSR count). The first-order valence-electron chi connectivity index (χ1n) is 9.15. The van der Waals surface area contributed by atoms with Gasteiger partial charge in [-0.15, -0.1) is 24.0 Å². The van der Waals surface area contributed by atoms with Crippen molar-refractivity contribution in [1.82, 2.24) is 10.6 Å². The van der Waals surface area contributed by atoms with E-state index in [0.29, 0.717) is 12.6 Å². The number of hydrogen-bond donors (Lipinski definition) is 2. The van der Waals surface area contributed by atoms with Crippen LogP contribution < -0.4 is 15.4 Å². The number of ether oxygens (including phenoxy) is 2. The highest BCUT2D eigenvalue weighted by molar-refractivity contribution is 14.0. The molecule has 1 aliphatic carbocycles. The third kappa shape index (κ3) is 7.31. The highest BCUT2D eigenvalue weighted by atomic mass is 127. The predicted molar refractivity (Wildman–Crippen MR) is 114 cm³/mol. The predicted octanol–water partition coefficient (Wildman–Crippen LogP) is 4.31. The molecule has 0 aromatic heterocycles. The molecule has 5 nitrogen and oxygen atoms in total. The number of rotatable bonds is 9. The Morgan fingerprint density at radius 1 is 1.25 bits per heavy atom. The molecule has 0 aliphatic heterocycles. The molecule has 0 amide bonds. The van der Waals surface area contributed by atoms with Gasteiger partial charge in [-0.2, -0.15) is 8.78 Å². The lowest BCUT2D eigenvalue weighted by atomic mass is 9.83. The molecular formula is C19H29F3IN3O2. The third-order valence-corrected chi connectivity index (χ3v) is 5.08. The Kier molecular flexibility index (Phi) is 10.9. The molecule has 9 heteroatoms. The molecule has 1 aromatic carbocycles. The van der Waals surface area contributed by atoms with Crippen LogP contribution >= 0.6 is 24.0 Å². The first-order valence-corrected chi connectivity index (χ1v) is 9.15. The third-order valence-electron chi connectivity index (χ3n) is 5.08. The van der Waals surface area contributed by atoms with Gasteiger partial charge in [-0.3, -0.25) is 4.99 Å². The quantitative estimate of drug-likeness (QED) is 0.293. The molecule has 0 atom stereocenters. The van der Waals surface area contributed by atoms with Crippen LogP contribution in [0.15, 0.2) is 23.2 Å². The van der Waals surface area contributed by atoms with Crippen LogP contribution in [0.1, 0.15) is 37.7 Å². The van der Waals surface area contributed by atoms with Crippen LogP contribution in [0.2, 0.25) is 0 Å². The first-order chi connectivity index (χ1) is 13.0. The van der Waals surface area contributed by atoms with Gasteiger partial charge < -0.3 is 20.1 Å². The molecule has 1 saturated carbocycles. The van der Waals surface area contributed by atoms with E-state index in [4.69, 9.17) is 4.74 Å². The van der Waals surface area contributed by atoms with E-state index in [9.17, 15) is 13.2 Å². The van der Waals surface area contributed by atoms with Crippen molar-refractivity contribution in [1.29, 1.82) is 0 Å². The van der Waals surface area contributed by atoms with Crippen LogP contribution in [-0.2, 0) is 11.3 Å². The summed E-state index contributed by atoms with van der Waals surface area (Å²) < 4.78 is 48.7. The smallest absolute Gasteiger partial charge is 0.387 e. The summed E-state index contributed by atoms with van der Waals surface area (Å²) in [5.41, 5.74) is 0.200. The Balaban J connectivity index is 0.00000392. The van der Waals surface area contributed by atoms with Crippen molar-refractivity contribution in [2.45, 2.75) is 45.3 Å². The maximum absolute atomic E-state index is 14.0. The van der Waals surface area contributed by atoms with Gasteiger partial charge in [0.2, 0.25) is 0 Å². The van der Waals surface area contributed by atoms with Crippen LogP contribution in [0.4, 0.5) is 13.2 Å². The second-order valence-corrected chi connectivity index (χ2v) is 6.82. The van der Waals surface area contributed by atoms with Crippen LogP contribution in [0.25, 0.3) is 0 Å². The zero-order valence-electron chi connectivity index (χ0n) is 16.3. The first kappa shape index (κ1) is 24.8. The van der Waals surface area contributed by atoms with E-state index >= 15 is 0 Å². The van der Waals surface area contributed by atoms with Gasteiger partial charge >= 0.3 is 6.61 Å². The molecule has 0 heterocycles. The number of aliphatic imine (C=N–C) groups is 1. The molecule has 0 radical (unpaired) electrons. The monoisotopic (exact) mass is 515 g/mol. The maximum Gasteiger partial charge on any atom is 0.387 e. The lowest BCUT2D eigenvalue weighted by Gasteiger charge is -2.30. The van der Waals surface area contributed by atoms with Crippen molar-refractivity contribution in [3.8, 4) is 5.75 Å². The summed E-state index contributed by atoms with van der Waals surface area (Å²) >= 11 is 0. The van der Waals surface area contributed by atoms with Crippen molar-refractivity contribution in [3.63, 3.8) is 0 Å². The molecule has 1 fully saturated rings. The molecule has 0 bridgehead atoms. The summed E-state index contributed by atoms with van der Waals surface area (Å²) in [6.07, 6.45) is 5.61. The zero-order valence-corrected chi connectivity index (χ0v) is 18.6. The summed E-state index contributed by atoms with van der Waals surface area (Å²) in [4.78, 5) is 4.15. The van der Waals surface area contributed by atoms with Crippen molar-refractivity contribution < 1.29 is 22.6 Å². The fourth-order valence-electron chi connectivity index (χ4n) is 3.54. The largest absolute Gasteiger partial charge is 0.434 e. The second-order valence-electron chi connectivity index (χ2n) is 6.82. The number of nitrogens with one attached hydrogen (secondary N) is 2. The van der Waals surface area contributed by atoms with E-state index in [1.807, 2.05) is 0 Å². The molecule has 1 aromatic rings. The van der Waals surface area contributed by atoms with Crippen LogP contribution in [0.3, 0.4) is 0 Å². The topological polar surface area (TPSA) is 54.9 Å². The maximum atomic E-state index is 14.0. The minimum atomic E-state index is -3.01. The van der Waals surface area contributed by atoms with Crippen molar-refractivity contribution in [2.75, 3.05) is 27.3 Å². The second kappa shape index (κ2) is 12.4. The van der Waals surface area contributed by atoms with Gasteiger partial charge in [-0.1, -0.05) is 18.9 Å². The summed E-state index contributed by atoms with van der Waals surface area (Å²) in [7, 11) is 3.31. The van der Waals surface area contributed by atoms with Crippen molar-refractivity contribution in [3.05, 3.63) is 29.6 Å². The molecule has 0 saturated heterocycles. The minimum Gasteiger partial charge on any atom is -0.434 e. The van der Waals surface area contributed by atoms with Crippen molar-refractivity contribution in [2.24, 2.45) is 10.4 Å². The van der Waals surface area contributed by atoms with E-state index in [-0.39, 0.29) is 47.2 Å². The molecule has 2 N–H and O–H groups in total. The summed E-state index contributed by atoms with van der Waals surface area (Å²) in [5.74, 6) is -0.297. The number of guanidine groups is 1. The lowest BCUT2D eigenvalue weighted by Crippen LogP contribution is -2.43. The minimum absolute atomic E-state index is 0. The lowest BCUT2D eigenvalue weighted by molar-refractivity contribution is -0.0506. The van der Waals surface area contributed by atoms with Gasteiger partial charge in [0, 0.05) is 39.4 Å². The van der Waals surface area contributed by atoms with E-state index < -0.39 is 12.4 Å². The fraction of sp³-hybridized carbons (Fsp3) is 0.632.